The quantitative estimate of drug-likeness (QED) is 0.911. The molecule has 0 radical (unpaired) electrons. The second kappa shape index (κ2) is 7.15. The zero-order valence-corrected chi connectivity index (χ0v) is 13.5. The van der Waals surface area contributed by atoms with Crippen LogP contribution in [0, 0.1) is 0 Å². The van der Waals surface area contributed by atoms with Gasteiger partial charge in [-0.2, -0.15) is 26.7 Å². The van der Waals surface area contributed by atoms with Crippen LogP contribution in [0.1, 0.15) is 26.2 Å². The van der Waals surface area contributed by atoms with E-state index in [1.165, 1.54) is 19.3 Å². The first kappa shape index (κ1) is 14.7. The van der Waals surface area contributed by atoms with E-state index in [4.69, 9.17) is 4.98 Å². The molecule has 1 N–H and O–H groups in total. The van der Waals surface area contributed by atoms with Gasteiger partial charge in [0, 0.05) is 44.2 Å². The molecule has 2 aliphatic heterocycles. The van der Waals surface area contributed by atoms with Gasteiger partial charge in [0.25, 0.3) is 0 Å². The zero-order chi connectivity index (χ0) is 14.5. The van der Waals surface area contributed by atoms with Crippen molar-refractivity contribution in [1.82, 2.24) is 15.0 Å². The van der Waals surface area contributed by atoms with Gasteiger partial charge in [-0.25, -0.2) is 0 Å². The van der Waals surface area contributed by atoms with Crippen LogP contribution in [0.4, 0.5) is 17.8 Å². The van der Waals surface area contributed by atoms with Gasteiger partial charge in [-0.15, -0.1) is 0 Å². The number of aromatic nitrogens is 3. The van der Waals surface area contributed by atoms with E-state index in [2.05, 4.69) is 32.0 Å². The highest BCUT2D eigenvalue weighted by molar-refractivity contribution is 7.99. The van der Waals surface area contributed by atoms with Crippen molar-refractivity contribution in [3.05, 3.63) is 0 Å². The summed E-state index contributed by atoms with van der Waals surface area (Å²) in [5.74, 6) is 4.69. The number of hydrogen-bond donors (Lipinski definition) is 1. The maximum Gasteiger partial charge on any atom is 0.232 e. The molecule has 2 fully saturated rings. The average Bonchev–Trinajstić information content (AvgIpc) is 2.56. The predicted octanol–water partition coefficient (Wildman–Crippen LogP) is 1.85. The second-order valence-corrected chi connectivity index (χ2v) is 6.66. The summed E-state index contributed by atoms with van der Waals surface area (Å²) in [6.45, 7) is 7.08. The lowest BCUT2D eigenvalue weighted by molar-refractivity contribution is 0.567. The summed E-state index contributed by atoms with van der Waals surface area (Å²) in [4.78, 5) is 18.5. The molecule has 0 atom stereocenters. The molecule has 0 aromatic carbocycles. The van der Waals surface area contributed by atoms with Crippen molar-refractivity contribution in [2.24, 2.45) is 0 Å². The van der Waals surface area contributed by atoms with Gasteiger partial charge in [0.2, 0.25) is 17.8 Å². The van der Waals surface area contributed by atoms with E-state index >= 15 is 0 Å². The highest BCUT2D eigenvalue weighted by Gasteiger charge is 2.20. The van der Waals surface area contributed by atoms with E-state index in [1.807, 2.05) is 11.8 Å². The van der Waals surface area contributed by atoms with Crippen LogP contribution < -0.4 is 15.1 Å². The summed E-state index contributed by atoms with van der Waals surface area (Å²) in [6, 6.07) is 0. The maximum absolute atomic E-state index is 4.74. The normalized spacial score (nSPS) is 19.7. The number of anilines is 3. The van der Waals surface area contributed by atoms with Gasteiger partial charge in [0.05, 0.1) is 0 Å². The first-order valence-corrected chi connectivity index (χ1v) is 9.10. The first-order chi connectivity index (χ1) is 10.4. The summed E-state index contributed by atoms with van der Waals surface area (Å²) in [7, 11) is 0. The number of hydrogen-bond acceptors (Lipinski definition) is 7. The Morgan fingerprint density at radius 1 is 0.905 bits per heavy atom. The number of piperidine rings is 1. The van der Waals surface area contributed by atoms with Crippen LogP contribution in [-0.2, 0) is 0 Å². The van der Waals surface area contributed by atoms with Crippen molar-refractivity contribution in [1.29, 1.82) is 0 Å². The van der Waals surface area contributed by atoms with Crippen molar-refractivity contribution in [2.45, 2.75) is 26.2 Å². The molecule has 1 aromatic rings. The molecule has 116 valence electrons. The van der Waals surface area contributed by atoms with E-state index < -0.39 is 0 Å². The van der Waals surface area contributed by atoms with Gasteiger partial charge >= 0.3 is 0 Å². The Kier molecular flexibility index (Phi) is 5.00. The number of nitrogens with one attached hydrogen (secondary N) is 1. The van der Waals surface area contributed by atoms with Crippen molar-refractivity contribution in [3.8, 4) is 0 Å². The largest absolute Gasteiger partial charge is 0.354 e. The van der Waals surface area contributed by atoms with E-state index in [1.54, 1.807) is 0 Å². The lowest BCUT2D eigenvalue weighted by Gasteiger charge is -2.30. The van der Waals surface area contributed by atoms with Gasteiger partial charge < -0.3 is 15.1 Å². The molecule has 2 saturated heterocycles. The third kappa shape index (κ3) is 3.70. The summed E-state index contributed by atoms with van der Waals surface area (Å²) in [5.41, 5.74) is 0. The van der Waals surface area contributed by atoms with E-state index in [-0.39, 0.29) is 0 Å². The second-order valence-electron chi connectivity index (χ2n) is 5.44. The number of rotatable bonds is 4. The summed E-state index contributed by atoms with van der Waals surface area (Å²) >= 11 is 2.00. The van der Waals surface area contributed by atoms with E-state index in [9.17, 15) is 0 Å². The SMILES string of the molecule is CCNc1nc(N2CCCCC2)nc(N2CCSCC2)n1. The Balaban J connectivity index is 1.85. The monoisotopic (exact) mass is 308 g/mol. The van der Waals surface area contributed by atoms with E-state index in [0.717, 1.165) is 56.1 Å². The van der Waals surface area contributed by atoms with Crippen molar-refractivity contribution >= 4 is 29.6 Å². The van der Waals surface area contributed by atoms with Crippen LogP contribution in [0.2, 0.25) is 0 Å². The van der Waals surface area contributed by atoms with Crippen molar-refractivity contribution < 1.29 is 0 Å². The topological polar surface area (TPSA) is 57.2 Å². The van der Waals surface area contributed by atoms with Crippen LogP contribution in [0.5, 0.6) is 0 Å². The number of thioether (sulfide) groups is 1. The van der Waals surface area contributed by atoms with Gasteiger partial charge in [0.15, 0.2) is 0 Å². The molecule has 0 amide bonds. The van der Waals surface area contributed by atoms with Crippen LogP contribution >= 0.6 is 11.8 Å². The molecule has 2 aliphatic rings. The minimum absolute atomic E-state index is 0.710. The molecule has 0 aliphatic carbocycles. The molecule has 1 aromatic heterocycles. The summed E-state index contributed by atoms with van der Waals surface area (Å²) in [6.07, 6.45) is 3.79. The third-order valence-corrected chi connectivity index (χ3v) is 4.82. The predicted molar refractivity (Wildman–Crippen MR) is 89.6 cm³/mol. The maximum atomic E-state index is 4.74. The van der Waals surface area contributed by atoms with Gasteiger partial charge in [-0.05, 0) is 26.2 Å². The molecular weight excluding hydrogens is 284 g/mol. The Morgan fingerprint density at radius 3 is 2.14 bits per heavy atom. The summed E-state index contributed by atoms with van der Waals surface area (Å²) < 4.78 is 0. The fourth-order valence-corrected chi connectivity index (χ4v) is 3.63. The molecule has 3 rings (SSSR count). The Morgan fingerprint density at radius 2 is 1.52 bits per heavy atom. The first-order valence-electron chi connectivity index (χ1n) is 7.94. The average molecular weight is 308 g/mol. The third-order valence-electron chi connectivity index (χ3n) is 3.88. The Hall–Kier alpha value is -1.24. The molecule has 0 saturated carbocycles. The molecule has 6 nitrogen and oxygen atoms in total. The van der Waals surface area contributed by atoms with Gasteiger partial charge in [0.1, 0.15) is 0 Å². The standard InChI is InChI=1S/C14H24N6S/c1-2-15-12-16-13(19-6-4-3-5-7-19)18-14(17-12)20-8-10-21-11-9-20/h2-11H2,1H3,(H,15,16,17,18). The van der Waals surface area contributed by atoms with Crippen LogP contribution in [-0.4, -0.2) is 59.2 Å². The highest BCUT2D eigenvalue weighted by atomic mass is 32.2. The molecule has 0 bridgehead atoms. The highest BCUT2D eigenvalue weighted by Crippen LogP contribution is 2.22. The smallest absolute Gasteiger partial charge is 0.232 e. The lowest BCUT2D eigenvalue weighted by atomic mass is 10.1. The lowest BCUT2D eigenvalue weighted by Crippen LogP contribution is -2.36. The molecule has 21 heavy (non-hydrogen) atoms. The van der Waals surface area contributed by atoms with Gasteiger partial charge in [-0.3, -0.25) is 0 Å². The number of nitrogens with zero attached hydrogens (tertiary/aromatic N) is 5. The van der Waals surface area contributed by atoms with Gasteiger partial charge in [-0.1, -0.05) is 0 Å². The van der Waals surface area contributed by atoms with Crippen LogP contribution in [0.3, 0.4) is 0 Å². The summed E-state index contributed by atoms with van der Waals surface area (Å²) in [5, 5.41) is 3.25. The van der Waals surface area contributed by atoms with Crippen LogP contribution in [0.15, 0.2) is 0 Å². The minimum Gasteiger partial charge on any atom is -0.354 e. The van der Waals surface area contributed by atoms with Crippen molar-refractivity contribution in [3.63, 3.8) is 0 Å². The van der Waals surface area contributed by atoms with Crippen LogP contribution in [0.25, 0.3) is 0 Å². The minimum atomic E-state index is 0.710. The Labute approximate surface area is 130 Å². The Bertz CT molecular complexity index is 421. The molecule has 7 heteroatoms. The molecule has 0 unspecified atom stereocenters. The fourth-order valence-electron chi connectivity index (χ4n) is 2.73. The molecule has 3 heterocycles. The van der Waals surface area contributed by atoms with E-state index in [0.29, 0.717) is 5.95 Å². The molecular formula is C14H24N6S. The fraction of sp³-hybridized carbons (Fsp3) is 0.786. The molecule has 0 spiro atoms. The van der Waals surface area contributed by atoms with Crippen molar-refractivity contribution in [2.75, 3.05) is 59.3 Å². The zero-order valence-electron chi connectivity index (χ0n) is 12.7.